The van der Waals surface area contributed by atoms with Gasteiger partial charge in [0, 0.05) is 12.0 Å². The number of hydrogen-bond donors (Lipinski definition) is 1. The Bertz CT molecular complexity index is 672. The van der Waals surface area contributed by atoms with Crippen molar-refractivity contribution < 1.29 is 19.2 Å². The van der Waals surface area contributed by atoms with Gasteiger partial charge in [-0.2, -0.15) is 0 Å². The smallest absolute Gasteiger partial charge is 0.296 e. The van der Waals surface area contributed by atoms with Gasteiger partial charge in [0.1, 0.15) is 5.69 Å². The first-order chi connectivity index (χ1) is 12.6. The summed E-state index contributed by atoms with van der Waals surface area (Å²) in [7, 11) is 0. The molecule has 0 aliphatic heterocycles. The Morgan fingerprint density at radius 2 is 1.85 bits per heavy atom. The van der Waals surface area contributed by atoms with Crippen molar-refractivity contribution in [1.29, 1.82) is 0 Å². The minimum atomic E-state index is -0.515. The van der Waals surface area contributed by atoms with Crippen LogP contribution in [0.3, 0.4) is 0 Å². The highest BCUT2D eigenvalue weighted by atomic mass is 16.6. The molecule has 1 aliphatic carbocycles. The Labute approximate surface area is 153 Å². The van der Waals surface area contributed by atoms with Crippen LogP contribution in [-0.2, 0) is 4.79 Å². The van der Waals surface area contributed by atoms with E-state index in [1.54, 1.807) is 0 Å². The van der Waals surface area contributed by atoms with Gasteiger partial charge in [-0.15, -0.1) is 0 Å². The van der Waals surface area contributed by atoms with Gasteiger partial charge in [0.2, 0.25) is 5.91 Å². The molecule has 1 atom stereocenters. The van der Waals surface area contributed by atoms with E-state index in [1.807, 2.05) is 26.0 Å². The number of nitro benzene ring substituents is 1. The number of amides is 1. The van der Waals surface area contributed by atoms with Crippen LogP contribution in [0.5, 0.6) is 11.5 Å². The summed E-state index contributed by atoms with van der Waals surface area (Å²) in [6.45, 7) is 4.81. The van der Waals surface area contributed by atoms with Crippen LogP contribution < -0.4 is 14.8 Å². The quantitative estimate of drug-likeness (QED) is 0.398. The van der Waals surface area contributed by atoms with Gasteiger partial charge in [0.05, 0.1) is 24.2 Å². The highest BCUT2D eigenvalue weighted by molar-refractivity contribution is 5.95. The number of allylic oxidation sites excluding steroid dienone is 2. The summed E-state index contributed by atoms with van der Waals surface area (Å²) in [5.74, 6) is 0.354. The average Bonchev–Trinajstić information content (AvgIpc) is 2.65. The van der Waals surface area contributed by atoms with Crippen molar-refractivity contribution in [2.75, 3.05) is 18.5 Å². The average molecular weight is 362 g/mol. The lowest BCUT2D eigenvalue weighted by Crippen LogP contribution is -2.24. The number of carbonyl (C=O) groups is 1. The number of hydrogen-bond acceptors (Lipinski definition) is 5. The molecular weight excluding hydrogens is 336 g/mol. The Morgan fingerprint density at radius 1 is 1.19 bits per heavy atom. The van der Waals surface area contributed by atoms with Crippen molar-refractivity contribution in [3.63, 3.8) is 0 Å². The summed E-state index contributed by atoms with van der Waals surface area (Å²) < 4.78 is 11.3. The molecule has 0 saturated heterocycles. The van der Waals surface area contributed by atoms with Crippen LogP contribution >= 0.6 is 0 Å². The lowest BCUT2D eigenvalue weighted by Gasteiger charge is -2.18. The minimum Gasteiger partial charge on any atom is -0.490 e. The second-order valence-corrected chi connectivity index (χ2v) is 6.24. The Balaban J connectivity index is 2.30. The maximum Gasteiger partial charge on any atom is 0.296 e. The third kappa shape index (κ3) is 5.21. The van der Waals surface area contributed by atoms with Crippen LogP contribution in [-0.4, -0.2) is 24.0 Å². The summed E-state index contributed by atoms with van der Waals surface area (Å²) in [5.41, 5.74) is -0.0517. The van der Waals surface area contributed by atoms with Gasteiger partial charge in [-0.3, -0.25) is 14.9 Å². The van der Waals surface area contributed by atoms with Crippen molar-refractivity contribution in [2.24, 2.45) is 5.92 Å². The first-order valence-corrected chi connectivity index (χ1v) is 9.10. The van der Waals surface area contributed by atoms with Crippen molar-refractivity contribution in [2.45, 2.75) is 46.0 Å². The second-order valence-electron chi connectivity index (χ2n) is 6.24. The maximum absolute atomic E-state index is 12.5. The number of nitrogens with zero attached hydrogens (tertiary/aromatic N) is 1. The van der Waals surface area contributed by atoms with Gasteiger partial charge in [0.25, 0.3) is 5.69 Å². The van der Waals surface area contributed by atoms with E-state index >= 15 is 0 Å². The number of benzene rings is 1. The summed E-state index contributed by atoms with van der Waals surface area (Å²) in [4.78, 5) is 23.4. The second kappa shape index (κ2) is 9.79. The molecule has 2 rings (SSSR count). The van der Waals surface area contributed by atoms with E-state index in [0.717, 1.165) is 25.7 Å². The lowest BCUT2D eigenvalue weighted by atomic mass is 9.93. The van der Waals surface area contributed by atoms with Crippen molar-refractivity contribution in [3.05, 3.63) is 34.4 Å². The van der Waals surface area contributed by atoms with Crippen LogP contribution in [0.25, 0.3) is 0 Å². The molecule has 1 aliphatic rings. The first kappa shape index (κ1) is 19.8. The molecule has 0 radical (unpaired) electrons. The highest BCUT2D eigenvalue weighted by Crippen LogP contribution is 2.38. The standard InChI is InChI=1S/C19H26N2O5/c1-3-10-25-17-12-15(20-19(22)14-8-6-5-7-9-14)16(21(23)24)13-18(17)26-11-4-2/h5-6,12-14H,3-4,7-11H2,1-2H3,(H,20,22). The number of rotatable bonds is 9. The van der Waals surface area contributed by atoms with Crippen LogP contribution in [0.4, 0.5) is 11.4 Å². The fourth-order valence-electron chi connectivity index (χ4n) is 2.72. The van der Waals surface area contributed by atoms with Crippen LogP contribution in [0.15, 0.2) is 24.3 Å². The monoisotopic (exact) mass is 362 g/mol. The molecule has 0 spiro atoms. The molecule has 0 saturated carbocycles. The van der Waals surface area contributed by atoms with E-state index < -0.39 is 4.92 Å². The number of ether oxygens (including phenoxy) is 2. The van der Waals surface area contributed by atoms with Gasteiger partial charge in [-0.1, -0.05) is 26.0 Å². The molecule has 0 bridgehead atoms. The van der Waals surface area contributed by atoms with E-state index in [2.05, 4.69) is 5.32 Å². The fraction of sp³-hybridized carbons (Fsp3) is 0.526. The number of nitro groups is 1. The van der Waals surface area contributed by atoms with E-state index in [0.29, 0.717) is 31.1 Å². The van der Waals surface area contributed by atoms with Gasteiger partial charge < -0.3 is 14.8 Å². The predicted octanol–water partition coefficient (Wildman–Crippen LogP) is 4.47. The molecule has 1 N–H and O–H groups in total. The van der Waals surface area contributed by atoms with Crippen molar-refractivity contribution in [3.8, 4) is 11.5 Å². The van der Waals surface area contributed by atoms with Crippen LogP contribution in [0, 0.1) is 16.0 Å². The summed E-state index contributed by atoms with van der Waals surface area (Å²) in [5, 5.41) is 14.2. The van der Waals surface area contributed by atoms with Crippen LogP contribution in [0.2, 0.25) is 0 Å². The van der Waals surface area contributed by atoms with E-state index in [9.17, 15) is 14.9 Å². The van der Waals surface area contributed by atoms with Gasteiger partial charge in [-0.25, -0.2) is 0 Å². The summed E-state index contributed by atoms with van der Waals surface area (Å²) in [6, 6.07) is 2.83. The molecule has 1 unspecified atom stereocenters. The van der Waals surface area contributed by atoms with Gasteiger partial charge in [-0.05, 0) is 32.1 Å². The Hall–Kier alpha value is -2.57. The zero-order valence-electron chi connectivity index (χ0n) is 15.3. The number of anilines is 1. The molecule has 26 heavy (non-hydrogen) atoms. The number of carbonyl (C=O) groups excluding carboxylic acids is 1. The van der Waals surface area contributed by atoms with Crippen molar-refractivity contribution in [1.82, 2.24) is 0 Å². The molecule has 0 fully saturated rings. The third-order valence-corrected chi connectivity index (χ3v) is 4.08. The largest absolute Gasteiger partial charge is 0.490 e. The molecule has 7 heteroatoms. The predicted molar refractivity (Wildman–Crippen MR) is 99.8 cm³/mol. The fourth-order valence-corrected chi connectivity index (χ4v) is 2.72. The normalized spacial score (nSPS) is 16.2. The zero-order chi connectivity index (χ0) is 18.9. The maximum atomic E-state index is 12.5. The summed E-state index contributed by atoms with van der Waals surface area (Å²) >= 11 is 0. The minimum absolute atomic E-state index is 0.143. The Morgan fingerprint density at radius 3 is 2.38 bits per heavy atom. The molecular formula is C19H26N2O5. The van der Waals surface area contributed by atoms with E-state index in [1.165, 1.54) is 12.1 Å². The van der Waals surface area contributed by atoms with E-state index in [-0.39, 0.29) is 23.2 Å². The topological polar surface area (TPSA) is 90.7 Å². The van der Waals surface area contributed by atoms with Gasteiger partial charge >= 0.3 is 0 Å². The molecule has 7 nitrogen and oxygen atoms in total. The molecule has 0 aromatic heterocycles. The van der Waals surface area contributed by atoms with E-state index in [4.69, 9.17) is 9.47 Å². The third-order valence-electron chi connectivity index (χ3n) is 4.08. The van der Waals surface area contributed by atoms with Crippen molar-refractivity contribution >= 4 is 17.3 Å². The molecule has 1 aromatic carbocycles. The lowest BCUT2D eigenvalue weighted by molar-refractivity contribution is -0.384. The summed E-state index contributed by atoms with van der Waals surface area (Å²) in [6.07, 6.45) is 7.82. The first-order valence-electron chi connectivity index (χ1n) is 9.10. The Kier molecular flexibility index (Phi) is 7.44. The molecule has 0 heterocycles. The SMILES string of the molecule is CCCOc1cc(NC(=O)C2CC=CCC2)c([N+](=O)[O-])cc1OCCC. The molecule has 142 valence electrons. The molecule has 1 amide bonds. The number of nitrogens with one attached hydrogen (secondary N) is 1. The van der Waals surface area contributed by atoms with Gasteiger partial charge in [0.15, 0.2) is 11.5 Å². The zero-order valence-corrected chi connectivity index (χ0v) is 15.3. The van der Waals surface area contributed by atoms with Crippen LogP contribution in [0.1, 0.15) is 46.0 Å². The highest BCUT2D eigenvalue weighted by Gasteiger charge is 2.25. The molecule has 1 aromatic rings.